The molecule has 1 unspecified atom stereocenters. The van der Waals surface area contributed by atoms with Crippen LogP contribution in [-0.2, 0) is 4.74 Å². The van der Waals surface area contributed by atoms with Crippen molar-refractivity contribution in [2.75, 3.05) is 13.2 Å². The average Bonchev–Trinajstić information content (AvgIpc) is 3.26. The van der Waals surface area contributed by atoms with Crippen molar-refractivity contribution in [3.05, 3.63) is 35.4 Å². The summed E-state index contributed by atoms with van der Waals surface area (Å²) in [6.45, 7) is 4.03. The number of rotatable bonds is 7. The zero-order chi connectivity index (χ0) is 12.4. The molecule has 0 heterocycles. The van der Waals surface area contributed by atoms with E-state index in [4.69, 9.17) is 4.74 Å². The lowest BCUT2D eigenvalue weighted by molar-refractivity contribution is 0.0450. The van der Waals surface area contributed by atoms with E-state index in [0.717, 1.165) is 25.1 Å². The molecule has 98 valence electrons. The summed E-state index contributed by atoms with van der Waals surface area (Å²) in [5, 5.41) is 3.59. The Hall–Kier alpha value is -0.860. The molecule has 1 N–H and O–H groups in total. The van der Waals surface area contributed by atoms with Crippen molar-refractivity contribution >= 4 is 0 Å². The molecule has 2 fully saturated rings. The number of aryl methyl sites for hydroxylation is 1. The molecule has 1 aromatic carbocycles. The SMILES string of the molecule is Cc1ccc(C(CNC2CC2)OCC2CC2)cc1. The van der Waals surface area contributed by atoms with Gasteiger partial charge >= 0.3 is 0 Å². The Morgan fingerprint density at radius 1 is 1.17 bits per heavy atom. The number of ether oxygens (including phenoxy) is 1. The van der Waals surface area contributed by atoms with E-state index in [-0.39, 0.29) is 6.10 Å². The molecule has 2 heteroatoms. The average molecular weight is 245 g/mol. The highest BCUT2D eigenvalue weighted by Crippen LogP contribution is 2.31. The highest BCUT2D eigenvalue weighted by atomic mass is 16.5. The lowest BCUT2D eigenvalue weighted by atomic mass is 10.1. The monoisotopic (exact) mass is 245 g/mol. The Bertz CT molecular complexity index is 363. The quantitative estimate of drug-likeness (QED) is 0.796. The van der Waals surface area contributed by atoms with Crippen LogP contribution in [0.2, 0.25) is 0 Å². The molecule has 0 bridgehead atoms. The molecule has 0 aliphatic heterocycles. The van der Waals surface area contributed by atoms with Crippen LogP contribution in [0.15, 0.2) is 24.3 Å². The maximum absolute atomic E-state index is 6.11. The minimum atomic E-state index is 0.229. The summed E-state index contributed by atoms with van der Waals surface area (Å²) in [5.74, 6) is 0.832. The molecule has 2 nitrogen and oxygen atoms in total. The Morgan fingerprint density at radius 3 is 2.50 bits per heavy atom. The van der Waals surface area contributed by atoms with Gasteiger partial charge in [-0.05, 0) is 44.1 Å². The molecule has 1 aromatic rings. The van der Waals surface area contributed by atoms with Crippen LogP contribution in [0, 0.1) is 12.8 Å². The fraction of sp³-hybridized carbons (Fsp3) is 0.625. The van der Waals surface area contributed by atoms with E-state index in [1.807, 2.05) is 0 Å². The first-order valence-corrected chi connectivity index (χ1v) is 7.23. The van der Waals surface area contributed by atoms with Gasteiger partial charge in [-0.1, -0.05) is 29.8 Å². The minimum absolute atomic E-state index is 0.229. The van der Waals surface area contributed by atoms with Gasteiger partial charge in [-0.25, -0.2) is 0 Å². The third-order valence-electron chi connectivity index (χ3n) is 3.85. The van der Waals surface area contributed by atoms with Crippen LogP contribution in [0.25, 0.3) is 0 Å². The fourth-order valence-electron chi connectivity index (χ4n) is 2.15. The van der Waals surface area contributed by atoms with E-state index in [0.29, 0.717) is 0 Å². The fourth-order valence-corrected chi connectivity index (χ4v) is 2.15. The van der Waals surface area contributed by atoms with Crippen LogP contribution in [0.3, 0.4) is 0 Å². The first kappa shape index (κ1) is 12.2. The zero-order valence-corrected chi connectivity index (χ0v) is 11.2. The third-order valence-corrected chi connectivity index (χ3v) is 3.85. The molecule has 0 aromatic heterocycles. The second-order valence-corrected chi connectivity index (χ2v) is 5.86. The van der Waals surface area contributed by atoms with Gasteiger partial charge in [0.25, 0.3) is 0 Å². The normalized spacial score (nSPS) is 20.9. The molecule has 0 radical (unpaired) electrons. The number of hydrogen-bond donors (Lipinski definition) is 1. The summed E-state index contributed by atoms with van der Waals surface area (Å²) in [5.41, 5.74) is 2.63. The summed E-state index contributed by atoms with van der Waals surface area (Å²) in [6.07, 6.45) is 5.62. The summed E-state index contributed by atoms with van der Waals surface area (Å²) in [4.78, 5) is 0. The maximum atomic E-state index is 6.11. The molecule has 0 saturated heterocycles. The van der Waals surface area contributed by atoms with E-state index in [1.165, 1.54) is 36.8 Å². The van der Waals surface area contributed by atoms with E-state index in [1.54, 1.807) is 0 Å². The third kappa shape index (κ3) is 3.56. The van der Waals surface area contributed by atoms with Gasteiger partial charge in [0.2, 0.25) is 0 Å². The highest BCUT2D eigenvalue weighted by molar-refractivity contribution is 5.23. The summed E-state index contributed by atoms with van der Waals surface area (Å²) in [7, 11) is 0. The van der Waals surface area contributed by atoms with Gasteiger partial charge in [-0.2, -0.15) is 0 Å². The number of hydrogen-bond acceptors (Lipinski definition) is 2. The molecule has 3 rings (SSSR count). The Balaban J connectivity index is 1.59. The van der Waals surface area contributed by atoms with Crippen molar-refractivity contribution in [3.63, 3.8) is 0 Å². The molecule has 1 atom stereocenters. The van der Waals surface area contributed by atoms with Crippen molar-refractivity contribution in [2.24, 2.45) is 5.92 Å². The Kier molecular flexibility index (Phi) is 3.67. The van der Waals surface area contributed by atoms with Gasteiger partial charge in [-0.3, -0.25) is 0 Å². The zero-order valence-electron chi connectivity index (χ0n) is 11.2. The van der Waals surface area contributed by atoms with Crippen molar-refractivity contribution < 1.29 is 4.74 Å². The van der Waals surface area contributed by atoms with Crippen molar-refractivity contribution in [1.82, 2.24) is 5.32 Å². The summed E-state index contributed by atoms with van der Waals surface area (Å²) < 4.78 is 6.11. The van der Waals surface area contributed by atoms with Crippen LogP contribution in [-0.4, -0.2) is 19.2 Å². The molecular formula is C16H23NO. The Labute approximate surface area is 110 Å². The van der Waals surface area contributed by atoms with E-state index >= 15 is 0 Å². The van der Waals surface area contributed by atoms with Gasteiger partial charge in [0, 0.05) is 12.6 Å². The summed E-state index contributed by atoms with van der Waals surface area (Å²) >= 11 is 0. The molecule has 0 amide bonds. The smallest absolute Gasteiger partial charge is 0.0949 e. The molecular weight excluding hydrogens is 222 g/mol. The Morgan fingerprint density at radius 2 is 1.89 bits per heavy atom. The lowest BCUT2D eigenvalue weighted by Crippen LogP contribution is -2.25. The van der Waals surface area contributed by atoms with E-state index in [9.17, 15) is 0 Å². The van der Waals surface area contributed by atoms with Gasteiger partial charge in [0.1, 0.15) is 0 Å². The second-order valence-electron chi connectivity index (χ2n) is 5.86. The summed E-state index contributed by atoms with van der Waals surface area (Å²) in [6, 6.07) is 9.53. The van der Waals surface area contributed by atoms with E-state index in [2.05, 4.69) is 36.5 Å². The van der Waals surface area contributed by atoms with Crippen LogP contribution in [0.5, 0.6) is 0 Å². The van der Waals surface area contributed by atoms with Gasteiger partial charge < -0.3 is 10.1 Å². The topological polar surface area (TPSA) is 21.3 Å². The van der Waals surface area contributed by atoms with E-state index < -0.39 is 0 Å². The molecule has 0 spiro atoms. The van der Waals surface area contributed by atoms with Gasteiger partial charge in [0.15, 0.2) is 0 Å². The van der Waals surface area contributed by atoms with Crippen molar-refractivity contribution in [2.45, 2.75) is 44.8 Å². The number of benzene rings is 1. The molecule has 2 aliphatic carbocycles. The lowest BCUT2D eigenvalue weighted by Gasteiger charge is -2.19. The molecule has 2 aliphatic rings. The van der Waals surface area contributed by atoms with Crippen LogP contribution >= 0.6 is 0 Å². The second kappa shape index (κ2) is 5.41. The predicted molar refractivity (Wildman–Crippen MR) is 73.6 cm³/mol. The van der Waals surface area contributed by atoms with Gasteiger partial charge in [-0.15, -0.1) is 0 Å². The largest absolute Gasteiger partial charge is 0.372 e. The van der Waals surface area contributed by atoms with Crippen molar-refractivity contribution in [3.8, 4) is 0 Å². The van der Waals surface area contributed by atoms with Gasteiger partial charge in [0.05, 0.1) is 12.7 Å². The predicted octanol–water partition coefficient (Wildman–Crippen LogP) is 3.21. The molecule has 2 saturated carbocycles. The highest BCUT2D eigenvalue weighted by Gasteiger charge is 2.26. The number of nitrogens with one attached hydrogen (secondary N) is 1. The van der Waals surface area contributed by atoms with Crippen LogP contribution < -0.4 is 5.32 Å². The first-order valence-electron chi connectivity index (χ1n) is 7.23. The maximum Gasteiger partial charge on any atom is 0.0949 e. The first-order chi connectivity index (χ1) is 8.81. The molecule has 18 heavy (non-hydrogen) atoms. The standard InChI is InChI=1S/C16H23NO/c1-12-2-6-14(7-3-12)16(10-17-15-8-9-15)18-11-13-4-5-13/h2-3,6-7,13,15-17H,4-5,8-11H2,1H3. The van der Waals surface area contributed by atoms with Crippen molar-refractivity contribution in [1.29, 1.82) is 0 Å². The minimum Gasteiger partial charge on any atom is -0.372 e. The van der Waals surface area contributed by atoms with Crippen LogP contribution in [0.1, 0.15) is 42.9 Å². The van der Waals surface area contributed by atoms with Crippen LogP contribution in [0.4, 0.5) is 0 Å².